The van der Waals surface area contributed by atoms with E-state index in [9.17, 15) is 13.6 Å². The number of aryl methyl sites for hydroxylation is 1. The van der Waals surface area contributed by atoms with E-state index < -0.39 is 18.6 Å². The molecule has 0 unspecified atom stereocenters. The molecule has 4 aromatic rings. The van der Waals surface area contributed by atoms with Gasteiger partial charge in [-0.1, -0.05) is 30.3 Å². The van der Waals surface area contributed by atoms with E-state index in [1.165, 1.54) is 0 Å². The molecule has 7 heteroatoms. The van der Waals surface area contributed by atoms with E-state index >= 15 is 0 Å². The zero-order valence-corrected chi connectivity index (χ0v) is 14.8. The van der Waals surface area contributed by atoms with Gasteiger partial charge in [-0.2, -0.15) is 8.78 Å². The Balaban J connectivity index is 1.70. The second-order valence-electron chi connectivity index (χ2n) is 6.32. The molecule has 1 atom stereocenters. The van der Waals surface area contributed by atoms with Gasteiger partial charge in [-0.25, -0.2) is 9.78 Å². The third-order valence-corrected chi connectivity index (χ3v) is 4.58. The van der Waals surface area contributed by atoms with E-state index in [0.29, 0.717) is 16.6 Å². The second-order valence-corrected chi connectivity index (χ2v) is 6.32. The number of hydrogen-bond acceptors (Lipinski definition) is 3. The average Bonchev–Trinajstić information content (AvgIpc) is 3.20. The molecule has 0 aliphatic heterocycles. The molecule has 0 bridgehead atoms. The normalized spacial score (nSPS) is 12.8. The number of esters is 1. The average molecular weight is 369 g/mol. The third kappa shape index (κ3) is 2.85. The Morgan fingerprint density at radius 3 is 2.48 bits per heavy atom. The summed E-state index contributed by atoms with van der Waals surface area (Å²) in [6, 6.07) is 14.0. The van der Waals surface area contributed by atoms with Gasteiger partial charge in [-0.15, -0.1) is 0 Å². The SMILES string of the molecule is C[C@H](OC(=O)c1cn(C)c2ccccc12)c1nc2ccccc2n1C(F)F. The van der Waals surface area contributed by atoms with Crippen LogP contribution in [0.4, 0.5) is 8.78 Å². The van der Waals surface area contributed by atoms with Crippen LogP contribution in [-0.4, -0.2) is 20.1 Å². The summed E-state index contributed by atoms with van der Waals surface area (Å²) < 4.78 is 35.3. The molecule has 5 nitrogen and oxygen atoms in total. The molecule has 138 valence electrons. The first kappa shape index (κ1) is 17.2. The number of ether oxygens (including phenoxy) is 1. The predicted molar refractivity (Wildman–Crippen MR) is 97.7 cm³/mol. The Hall–Kier alpha value is -3.22. The summed E-state index contributed by atoms with van der Waals surface area (Å²) in [6.45, 7) is -1.24. The highest BCUT2D eigenvalue weighted by atomic mass is 19.3. The van der Waals surface area contributed by atoms with Crippen molar-refractivity contribution in [2.75, 3.05) is 0 Å². The zero-order valence-electron chi connectivity index (χ0n) is 14.8. The molecule has 0 saturated carbocycles. The van der Waals surface area contributed by atoms with Crippen LogP contribution in [0.3, 0.4) is 0 Å². The summed E-state index contributed by atoms with van der Waals surface area (Å²) in [5.41, 5.74) is 2.01. The number of alkyl halides is 2. The van der Waals surface area contributed by atoms with Gasteiger partial charge in [0.05, 0.1) is 16.6 Å². The summed E-state index contributed by atoms with van der Waals surface area (Å²) in [5.74, 6) is -0.563. The largest absolute Gasteiger partial charge is 0.451 e. The second kappa shape index (κ2) is 6.50. The lowest BCUT2D eigenvalue weighted by atomic mass is 10.2. The number of benzene rings is 2. The van der Waals surface area contributed by atoms with Crippen LogP contribution in [0.2, 0.25) is 0 Å². The number of fused-ring (bicyclic) bond motifs is 2. The zero-order chi connectivity index (χ0) is 19.1. The maximum Gasteiger partial charge on any atom is 0.341 e. The van der Waals surface area contributed by atoms with E-state index in [-0.39, 0.29) is 5.82 Å². The van der Waals surface area contributed by atoms with Crippen LogP contribution in [-0.2, 0) is 11.8 Å². The van der Waals surface area contributed by atoms with Gasteiger partial charge in [0, 0.05) is 24.1 Å². The maximum atomic E-state index is 13.6. The number of rotatable bonds is 4. The molecule has 27 heavy (non-hydrogen) atoms. The molecule has 2 aromatic carbocycles. The van der Waals surface area contributed by atoms with Gasteiger partial charge in [-0.05, 0) is 25.1 Å². The summed E-state index contributed by atoms with van der Waals surface area (Å²) in [4.78, 5) is 16.9. The minimum absolute atomic E-state index is 0.0137. The maximum absolute atomic E-state index is 13.6. The molecule has 4 rings (SSSR count). The van der Waals surface area contributed by atoms with Gasteiger partial charge in [0.2, 0.25) is 0 Å². The first-order valence-electron chi connectivity index (χ1n) is 8.47. The summed E-state index contributed by atoms with van der Waals surface area (Å²) in [7, 11) is 1.83. The number of nitrogens with zero attached hydrogens (tertiary/aromatic N) is 3. The van der Waals surface area contributed by atoms with Crippen LogP contribution in [0.15, 0.2) is 54.7 Å². The van der Waals surface area contributed by atoms with Crippen LogP contribution in [0.1, 0.15) is 35.8 Å². The fourth-order valence-corrected chi connectivity index (χ4v) is 3.34. The lowest BCUT2D eigenvalue weighted by Gasteiger charge is -2.15. The Morgan fingerprint density at radius 2 is 1.74 bits per heavy atom. The van der Waals surface area contributed by atoms with Gasteiger partial charge in [-0.3, -0.25) is 4.57 Å². The highest BCUT2D eigenvalue weighted by Crippen LogP contribution is 2.29. The summed E-state index contributed by atoms with van der Waals surface area (Å²) in [5, 5.41) is 0.750. The minimum Gasteiger partial charge on any atom is -0.451 e. The molecule has 0 saturated heterocycles. The number of hydrogen-bond donors (Lipinski definition) is 0. The van der Waals surface area contributed by atoms with E-state index in [1.54, 1.807) is 37.4 Å². The fraction of sp³-hybridized carbons (Fsp3) is 0.200. The number of carbonyl (C=O) groups excluding carboxylic acids is 1. The number of aromatic nitrogens is 3. The van der Waals surface area contributed by atoms with Crippen LogP contribution in [0.5, 0.6) is 0 Å². The molecule has 0 spiro atoms. The van der Waals surface area contributed by atoms with E-state index in [0.717, 1.165) is 15.5 Å². The van der Waals surface area contributed by atoms with Gasteiger partial charge in [0.1, 0.15) is 0 Å². The molecule has 0 radical (unpaired) electrons. The van der Waals surface area contributed by atoms with E-state index in [2.05, 4.69) is 4.98 Å². The Morgan fingerprint density at radius 1 is 1.07 bits per heavy atom. The Kier molecular flexibility index (Phi) is 4.14. The van der Waals surface area contributed by atoms with E-state index in [1.807, 2.05) is 35.9 Å². The molecule has 2 heterocycles. The van der Waals surface area contributed by atoms with Crippen LogP contribution in [0.25, 0.3) is 21.9 Å². The van der Waals surface area contributed by atoms with Crippen molar-refractivity contribution in [2.24, 2.45) is 7.05 Å². The van der Waals surface area contributed by atoms with Crippen molar-refractivity contribution < 1.29 is 18.3 Å². The van der Waals surface area contributed by atoms with Crippen molar-refractivity contribution in [3.05, 3.63) is 66.1 Å². The molecule has 0 fully saturated rings. The van der Waals surface area contributed by atoms with Crippen molar-refractivity contribution in [3.63, 3.8) is 0 Å². The molecule has 0 aliphatic carbocycles. The van der Waals surface area contributed by atoms with Gasteiger partial charge in [0.15, 0.2) is 11.9 Å². The van der Waals surface area contributed by atoms with Gasteiger partial charge < -0.3 is 9.30 Å². The van der Waals surface area contributed by atoms with Gasteiger partial charge in [0.25, 0.3) is 0 Å². The number of halogens is 2. The molecule has 0 N–H and O–H groups in total. The Labute approximate surface area is 153 Å². The monoisotopic (exact) mass is 369 g/mol. The first-order valence-corrected chi connectivity index (χ1v) is 8.47. The number of imidazole rings is 1. The Bertz CT molecular complexity index is 1150. The number of para-hydroxylation sites is 3. The summed E-state index contributed by atoms with van der Waals surface area (Å²) in [6.07, 6.45) is 0.744. The quantitative estimate of drug-likeness (QED) is 0.484. The molecule has 2 aromatic heterocycles. The third-order valence-electron chi connectivity index (χ3n) is 4.58. The molecule has 0 aliphatic rings. The number of carbonyl (C=O) groups is 1. The van der Waals surface area contributed by atoms with Crippen molar-refractivity contribution in [1.82, 2.24) is 14.1 Å². The highest BCUT2D eigenvalue weighted by Gasteiger charge is 2.25. The lowest BCUT2D eigenvalue weighted by molar-refractivity contribution is 0.0235. The summed E-state index contributed by atoms with van der Waals surface area (Å²) >= 11 is 0. The molecular formula is C20H17F2N3O2. The van der Waals surface area contributed by atoms with Crippen molar-refractivity contribution in [2.45, 2.75) is 19.6 Å². The van der Waals surface area contributed by atoms with Crippen LogP contribution < -0.4 is 0 Å². The van der Waals surface area contributed by atoms with Gasteiger partial charge >= 0.3 is 12.5 Å². The standard InChI is InChI=1S/C20H17F2N3O2/c1-12(18-23-15-8-4-6-10-17(15)25(18)20(21)22)27-19(26)14-11-24(2)16-9-5-3-7-13(14)16/h3-12,20H,1-2H3/t12-/m0/s1. The smallest absolute Gasteiger partial charge is 0.341 e. The van der Waals surface area contributed by atoms with Crippen LogP contribution in [0, 0.1) is 0 Å². The predicted octanol–water partition coefficient (Wildman–Crippen LogP) is 4.84. The van der Waals surface area contributed by atoms with Crippen molar-refractivity contribution >= 4 is 27.9 Å². The highest BCUT2D eigenvalue weighted by molar-refractivity contribution is 6.04. The topological polar surface area (TPSA) is 49.1 Å². The lowest BCUT2D eigenvalue weighted by Crippen LogP contribution is -2.14. The molecular weight excluding hydrogens is 352 g/mol. The van der Waals surface area contributed by atoms with Crippen molar-refractivity contribution in [3.8, 4) is 0 Å². The first-order chi connectivity index (χ1) is 13.0. The van der Waals surface area contributed by atoms with Crippen molar-refractivity contribution in [1.29, 1.82) is 0 Å². The van der Waals surface area contributed by atoms with E-state index in [4.69, 9.17) is 4.74 Å². The van der Waals surface area contributed by atoms with Crippen LogP contribution >= 0.6 is 0 Å². The molecule has 0 amide bonds. The fourth-order valence-electron chi connectivity index (χ4n) is 3.34. The minimum atomic E-state index is -2.79.